The van der Waals surface area contributed by atoms with Crippen LogP contribution in [-0.2, 0) is 11.0 Å². The Morgan fingerprint density at radius 2 is 1.91 bits per heavy atom. The zero-order chi connectivity index (χ0) is 24.9. The molecule has 3 N–H and O–H groups in total. The highest BCUT2D eigenvalue weighted by Crippen LogP contribution is 2.35. The van der Waals surface area contributed by atoms with E-state index in [0.717, 1.165) is 6.07 Å². The van der Waals surface area contributed by atoms with Crippen LogP contribution in [0.25, 0.3) is 33.3 Å². The quantitative estimate of drug-likeness (QED) is 0.451. The highest BCUT2D eigenvalue weighted by atomic mass is 19.4. The molecule has 1 fully saturated rings. The number of carbonyl (C=O) groups excluding carboxylic acids is 1. The molecule has 35 heavy (non-hydrogen) atoms. The predicted molar refractivity (Wildman–Crippen MR) is 120 cm³/mol. The van der Waals surface area contributed by atoms with Gasteiger partial charge in [-0.15, -0.1) is 5.10 Å². The zero-order valence-electron chi connectivity index (χ0n) is 18.6. The molecule has 0 aliphatic carbocycles. The second kappa shape index (κ2) is 8.41. The smallest absolute Gasteiger partial charge is 0.384 e. The van der Waals surface area contributed by atoms with Gasteiger partial charge in [-0.3, -0.25) is 9.78 Å². The molecule has 13 heteroatoms. The molecule has 0 saturated carbocycles. The summed E-state index contributed by atoms with van der Waals surface area (Å²) in [6.45, 7) is 2.35. The van der Waals surface area contributed by atoms with Gasteiger partial charge in [0.15, 0.2) is 0 Å². The van der Waals surface area contributed by atoms with Crippen LogP contribution in [0, 0.1) is 0 Å². The van der Waals surface area contributed by atoms with Crippen molar-refractivity contribution in [2.75, 3.05) is 18.8 Å². The van der Waals surface area contributed by atoms with E-state index in [1.54, 1.807) is 27.9 Å². The van der Waals surface area contributed by atoms with Gasteiger partial charge >= 0.3 is 6.18 Å². The lowest BCUT2D eigenvalue weighted by atomic mass is 10.0. The summed E-state index contributed by atoms with van der Waals surface area (Å²) in [6.07, 6.45) is -1.70. The Kier molecular flexibility index (Phi) is 5.50. The number of fused-ring (bicyclic) bond motifs is 3. The number of aromatic nitrogens is 6. The summed E-state index contributed by atoms with van der Waals surface area (Å²) in [6, 6.07) is 4.09. The summed E-state index contributed by atoms with van der Waals surface area (Å²) in [5.41, 5.74) is 6.92. The minimum Gasteiger partial charge on any atom is -0.384 e. The van der Waals surface area contributed by atoms with Crippen molar-refractivity contribution < 1.29 is 23.1 Å². The number of piperidine rings is 1. The average Bonchev–Trinajstić information content (AvgIpc) is 3.27. The third kappa shape index (κ3) is 4.11. The molecule has 0 spiro atoms. The second-order valence-electron chi connectivity index (χ2n) is 8.48. The largest absolute Gasteiger partial charge is 0.419 e. The van der Waals surface area contributed by atoms with E-state index in [0.29, 0.717) is 48.0 Å². The lowest BCUT2D eigenvalue weighted by Gasteiger charge is -2.32. The molecule has 0 aromatic carbocycles. The summed E-state index contributed by atoms with van der Waals surface area (Å²) in [5, 5.41) is 18.1. The molecule has 1 amide bonds. The lowest BCUT2D eigenvalue weighted by molar-refractivity contribution is -0.140. The number of aliphatic hydroxyl groups is 1. The fraction of sp³-hybridized carbons (Fsp3) is 0.364. The highest BCUT2D eigenvalue weighted by Gasteiger charge is 2.34. The summed E-state index contributed by atoms with van der Waals surface area (Å²) in [5.74, 6) is -0.919. The fourth-order valence-corrected chi connectivity index (χ4v) is 4.34. The molecule has 182 valence electrons. The number of nitrogens with zero attached hydrogens (tertiary/aromatic N) is 7. The SMILES string of the molecule is C[C@@H](O)C(=O)N1CCC(n2nnc3cnc4ccc(-c5cnc(N)c(C(F)(F)F)c5)nc4c32)CC1. The van der Waals surface area contributed by atoms with E-state index in [2.05, 4.69) is 25.3 Å². The summed E-state index contributed by atoms with van der Waals surface area (Å²) in [4.78, 5) is 26.4. The first-order chi connectivity index (χ1) is 16.6. The molecule has 0 radical (unpaired) electrons. The van der Waals surface area contributed by atoms with Crippen LogP contribution in [0.5, 0.6) is 0 Å². The van der Waals surface area contributed by atoms with E-state index in [4.69, 9.17) is 5.73 Å². The van der Waals surface area contributed by atoms with Crippen molar-refractivity contribution in [2.24, 2.45) is 0 Å². The molecule has 0 unspecified atom stereocenters. The van der Waals surface area contributed by atoms with Gasteiger partial charge in [0.05, 0.1) is 29.0 Å². The van der Waals surface area contributed by atoms with Crippen molar-refractivity contribution >= 4 is 33.8 Å². The number of aliphatic hydroxyl groups excluding tert-OH is 1. The number of hydrogen-bond acceptors (Lipinski definition) is 8. The first-order valence-electron chi connectivity index (χ1n) is 10.9. The first-order valence-corrected chi connectivity index (χ1v) is 10.9. The molecule has 1 aliphatic rings. The highest BCUT2D eigenvalue weighted by molar-refractivity contribution is 5.99. The predicted octanol–water partition coefficient (Wildman–Crippen LogP) is 2.58. The molecule has 0 bridgehead atoms. The van der Waals surface area contributed by atoms with Gasteiger partial charge in [0, 0.05) is 24.8 Å². The molecule has 1 saturated heterocycles. The number of halogens is 3. The van der Waals surface area contributed by atoms with E-state index < -0.39 is 23.7 Å². The number of nitrogen functional groups attached to an aromatic ring is 1. The van der Waals surface area contributed by atoms with Crippen molar-refractivity contribution in [3.8, 4) is 11.3 Å². The van der Waals surface area contributed by atoms with Crippen LogP contribution in [-0.4, -0.2) is 65.1 Å². The monoisotopic (exact) mass is 486 g/mol. The number of hydrogen-bond donors (Lipinski definition) is 2. The van der Waals surface area contributed by atoms with Gasteiger partial charge in [-0.1, -0.05) is 5.21 Å². The van der Waals surface area contributed by atoms with Crippen LogP contribution in [0.1, 0.15) is 31.4 Å². The van der Waals surface area contributed by atoms with Crippen molar-refractivity contribution in [3.63, 3.8) is 0 Å². The van der Waals surface area contributed by atoms with Gasteiger partial charge in [-0.25, -0.2) is 14.6 Å². The summed E-state index contributed by atoms with van der Waals surface area (Å²) in [7, 11) is 0. The van der Waals surface area contributed by atoms with E-state index >= 15 is 0 Å². The number of alkyl halides is 3. The summed E-state index contributed by atoms with van der Waals surface area (Å²) < 4.78 is 41.7. The molecule has 4 aromatic heterocycles. The second-order valence-corrected chi connectivity index (χ2v) is 8.48. The average molecular weight is 486 g/mol. The summed E-state index contributed by atoms with van der Waals surface area (Å²) >= 11 is 0. The topological polar surface area (TPSA) is 136 Å². The lowest BCUT2D eigenvalue weighted by Crippen LogP contribution is -2.43. The molecule has 4 aromatic rings. The molecule has 5 rings (SSSR count). The maximum atomic E-state index is 13.3. The molecule has 10 nitrogen and oxygen atoms in total. The Bertz CT molecular complexity index is 1430. The number of amides is 1. The fourth-order valence-electron chi connectivity index (χ4n) is 4.34. The first kappa shape index (κ1) is 22.9. The molecule has 1 aliphatic heterocycles. The van der Waals surface area contributed by atoms with E-state index in [1.165, 1.54) is 13.1 Å². The van der Waals surface area contributed by atoms with Gasteiger partial charge in [0.2, 0.25) is 0 Å². The number of likely N-dealkylation sites (tertiary alicyclic amines) is 1. The maximum absolute atomic E-state index is 13.3. The van der Waals surface area contributed by atoms with Gasteiger partial charge in [0.1, 0.15) is 28.5 Å². The Balaban J connectivity index is 1.55. The Morgan fingerprint density at radius 1 is 1.17 bits per heavy atom. The van der Waals surface area contributed by atoms with Crippen molar-refractivity contribution in [1.29, 1.82) is 0 Å². The van der Waals surface area contributed by atoms with E-state index in [1.807, 2.05) is 0 Å². The number of carbonyl (C=O) groups is 1. The number of anilines is 1. The van der Waals surface area contributed by atoms with Gasteiger partial charge in [-0.05, 0) is 38.0 Å². The van der Waals surface area contributed by atoms with Crippen LogP contribution >= 0.6 is 0 Å². The van der Waals surface area contributed by atoms with Crippen molar-refractivity contribution in [2.45, 2.75) is 38.1 Å². The van der Waals surface area contributed by atoms with Crippen molar-refractivity contribution in [3.05, 3.63) is 36.2 Å². The van der Waals surface area contributed by atoms with Gasteiger partial charge < -0.3 is 15.7 Å². The Labute approximate surface area is 196 Å². The Morgan fingerprint density at radius 3 is 2.60 bits per heavy atom. The molecule has 5 heterocycles. The number of pyridine rings is 3. The third-order valence-electron chi connectivity index (χ3n) is 6.14. The van der Waals surface area contributed by atoms with Gasteiger partial charge in [-0.2, -0.15) is 13.2 Å². The normalized spacial score (nSPS) is 16.2. The van der Waals surface area contributed by atoms with Gasteiger partial charge in [0.25, 0.3) is 5.91 Å². The minimum atomic E-state index is -4.65. The van der Waals surface area contributed by atoms with Crippen LogP contribution in [0.15, 0.2) is 30.6 Å². The molecular weight excluding hydrogens is 465 g/mol. The van der Waals surface area contributed by atoms with Crippen LogP contribution in [0.3, 0.4) is 0 Å². The number of nitrogens with two attached hydrogens (primary N) is 1. The van der Waals surface area contributed by atoms with Crippen LogP contribution in [0.2, 0.25) is 0 Å². The standard InChI is InChI=1S/C22H21F3N8O2/c1-11(34)21(35)32-6-4-13(5-7-32)33-19-17(30-31-33)10-27-16-3-2-15(29-18(16)19)12-8-14(22(23,24)25)20(26)28-9-12/h2-3,8-11,13,34H,4-7H2,1H3,(H2,26,28)/t11-/m1/s1. The third-order valence-corrected chi connectivity index (χ3v) is 6.14. The Hall–Kier alpha value is -3.87. The van der Waals surface area contributed by atoms with Crippen molar-refractivity contribution in [1.82, 2.24) is 34.8 Å². The minimum absolute atomic E-state index is 0.0795. The zero-order valence-corrected chi connectivity index (χ0v) is 18.6. The number of rotatable bonds is 3. The van der Waals surface area contributed by atoms with E-state index in [9.17, 15) is 23.1 Å². The molecule has 1 atom stereocenters. The van der Waals surface area contributed by atoms with E-state index in [-0.39, 0.29) is 23.2 Å². The molecular formula is C22H21F3N8O2. The maximum Gasteiger partial charge on any atom is 0.419 e. The van der Waals surface area contributed by atoms with Crippen LogP contribution in [0.4, 0.5) is 19.0 Å². The van der Waals surface area contributed by atoms with Crippen LogP contribution < -0.4 is 5.73 Å².